The van der Waals surface area contributed by atoms with E-state index in [0.717, 1.165) is 25.9 Å². The Hall–Kier alpha value is -0.370. The summed E-state index contributed by atoms with van der Waals surface area (Å²) < 4.78 is 6.00. The molecule has 1 aliphatic carbocycles. The standard InChI is InChI=1S/C15H26O2/c1-4-14(2,3)13(16)12-7-10-17-15(11-12)8-5-6-9-15/h12H,4-11H2,1-3H3. The Morgan fingerprint density at radius 2 is 2.00 bits per heavy atom. The highest BCUT2D eigenvalue weighted by molar-refractivity contribution is 5.86. The average molecular weight is 238 g/mol. The Morgan fingerprint density at radius 3 is 2.59 bits per heavy atom. The van der Waals surface area contributed by atoms with Crippen LogP contribution >= 0.6 is 0 Å². The lowest BCUT2D eigenvalue weighted by Gasteiger charge is -2.40. The quantitative estimate of drug-likeness (QED) is 0.749. The topological polar surface area (TPSA) is 26.3 Å². The van der Waals surface area contributed by atoms with Crippen LogP contribution in [-0.4, -0.2) is 18.0 Å². The SMILES string of the molecule is CCC(C)(C)C(=O)C1CCOC2(CCCC2)C1. The van der Waals surface area contributed by atoms with Crippen molar-refractivity contribution < 1.29 is 9.53 Å². The number of ketones is 1. The van der Waals surface area contributed by atoms with E-state index < -0.39 is 0 Å². The summed E-state index contributed by atoms with van der Waals surface area (Å²) in [6, 6.07) is 0. The van der Waals surface area contributed by atoms with Crippen LogP contribution in [0.25, 0.3) is 0 Å². The maximum absolute atomic E-state index is 12.5. The lowest BCUT2D eigenvalue weighted by atomic mass is 9.73. The molecule has 1 saturated carbocycles. The van der Waals surface area contributed by atoms with Gasteiger partial charge in [-0.3, -0.25) is 4.79 Å². The highest BCUT2D eigenvalue weighted by Crippen LogP contribution is 2.44. The Balaban J connectivity index is 2.04. The molecule has 0 radical (unpaired) electrons. The van der Waals surface area contributed by atoms with E-state index in [1.807, 2.05) is 0 Å². The van der Waals surface area contributed by atoms with Crippen molar-refractivity contribution in [2.75, 3.05) is 6.61 Å². The van der Waals surface area contributed by atoms with Gasteiger partial charge in [0.1, 0.15) is 5.78 Å². The molecule has 1 heterocycles. The maximum atomic E-state index is 12.5. The summed E-state index contributed by atoms with van der Waals surface area (Å²) in [5, 5.41) is 0. The summed E-state index contributed by atoms with van der Waals surface area (Å²) in [6.07, 6.45) is 7.75. The van der Waals surface area contributed by atoms with E-state index in [9.17, 15) is 4.79 Å². The van der Waals surface area contributed by atoms with Crippen LogP contribution in [-0.2, 0) is 9.53 Å². The number of rotatable bonds is 3. The number of hydrogen-bond acceptors (Lipinski definition) is 2. The molecule has 0 aromatic carbocycles. The van der Waals surface area contributed by atoms with E-state index in [1.165, 1.54) is 25.7 Å². The molecule has 0 aromatic heterocycles. The summed E-state index contributed by atoms with van der Waals surface area (Å²) in [6.45, 7) is 7.08. The molecule has 2 fully saturated rings. The number of carbonyl (C=O) groups is 1. The number of Topliss-reactive ketones (excluding diaryl/α,β-unsaturated/α-hetero) is 1. The molecule has 1 unspecified atom stereocenters. The first-order chi connectivity index (χ1) is 7.99. The first kappa shape index (κ1) is 13.1. The first-order valence-electron chi connectivity index (χ1n) is 7.17. The molecule has 2 heteroatoms. The van der Waals surface area contributed by atoms with Crippen molar-refractivity contribution in [1.29, 1.82) is 0 Å². The fourth-order valence-electron chi connectivity index (χ4n) is 3.35. The molecule has 0 bridgehead atoms. The third-order valence-corrected chi connectivity index (χ3v) is 4.93. The van der Waals surface area contributed by atoms with Crippen molar-refractivity contribution in [3.63, 3.8) is 0 Å². The summed E-state index contributed by atoms with van der Waals surface area (Å²) in [7, 11) is 0. The van der Waals surface area contributed by atoms with Crippen molar-refractivity contribution in [1.82, 2.24) is 0 Å². The minimum atomic E-state index is -0.151. The molecule has 1 aliphatic heterocycles. The average Bonchev–Trinajstić information content (AvgIpc) is 2.76. The minimum absolute atomic E-state index is 0.0718. The predicted octanol–water partition coefficient (Wildman–Crippen LogP) is 3.73. The smallest absolute Gasteiger partial charge is 0.141 e. The van der Waals surface area contributed by atoms with Gasteiger partial charge in [-0.1, -0.05) is 33.6 Å². The second kappa shape index (κ2) is 4.72. The summed E-state index contributed by atoms with van der Waals surface area (Å²) >= 11 is 0. The lowest BCUT2D eigenvalue weighted by Crippen LogP contribution is -2.43. The van der Waals surface area contributed by atoms with E-state index >= 15 is 0 Å². The van der Waals surface area contributed by atoms with Crippen molar-refractivity contribution in [3.05, 3.63) is 0 Å². The second-order valence-electron chi connectivity index (χ2n) is 6.53. The van der Waals surface area contributed by atoms with Crippen LogP contribution in [0.1, 0.15) is 65.7 Å². The van der Waals surface area contributed by atoms with E-state index in [4.69, 9.17) is 4.74 Å². The van der Waals surface area contributed by atoms with Crippen LogP contribution in [0.2, 0.25) is 0 Å². The lowest BCUT2D eigenvalue weighted by molar-refractivity contribution is -0.144. The molecular formula is C15H26O2. The molecule has 1 saturated heterocycles. The van der Waals surface area contributed by atoms with Gasteiger partial charge in [0, 0.05) is 17.9 Å². The van der Waals surface area contributed by atoms with Gasteiger partial charge >= 0.3 is 0 Å². The third kappa shape index (κ3) is 2.57. The van der Waals surface area contributed by atoms with E-state index in [-0.39, 0.29) is 16.9 Å². The highest BCUT2D eigenvalue weighted by atomic mass is 16.5. The minimum Gasteiger partial charge on any atom is -0.375 e. The van der Waals surface area contributed by atoms with Gasteiger partial charge in [0.25, 0.3) is 0 Å². The zero-order chi connectivity index (χ0) is 12.5. The molecule has 17 heavy (non-hydrogen) atoms. The predicted molar refractivity (Wildman–Crippen MR) is 69.0 cm³/mol. The first-order valence-corrected chi connectivity index (χ1v) is 7.17. The molecular weight excluding hydrogens is 212 g/mol. The molecule has 98 valence electrons. The van der Waals surface area contributed by atoms with Crippen LogP contribution in [0, 0.1) is 11.3 Å². The zero-order valence-corrected chi connectivity index (χ0v) is 11.6. The molecule has 2 nitrogen and oxygen atoms in total. The fourth-order valence-corrected chi connectivity index (χ4v) is 3.35. The molecule has 0 amide bonds. The van der Waals surface area contributed by atoms with Gasteiger partial charge in [-0.05, 0) is 32.1 Å². The Kier molecular flexibility index (Phi) is 3.63. The largest absolute Gasteiger partial charge is 0.375 e. The fraction of sp³-hybridized carbons (Fsp3) is 0.933. The molecule has 2 rings (SSSR count). The van der Waals surface area contributed by atoms with Gasteiger partial charge in [0.05, 0.1) is 5.60 Å². The maximum Gasteiger partial charge on any atom is 0.141 e. The number of ether oxygens (including phenoxy) is 1. The van der Waals surface area contributed by atoms with Crippen molar-refractivity contribution in [2.24, 2.45) is 11.3 Å². The van der Waals surface area contributed by atoms with Crippen LogP contribution in [0.4, 0.5) is 0 Å². The van der Waals surface area contributed by atoms with Crippen LogP contribution in [0.3, 0.4) is 0 Å². The van der Waals surface area contributed by atoms with Gasteiger partial charge in [-0.25, -0.2) is 0 Å². The normalized spacial score (nSPS) is 28.5. The third-order valence-electron chi connectivity index (χ3n) is 4.93. The van der Waals surface area contributed by atoms with E-state index in [0.29, 0.717) is 5.78 Å². The van der Waals surface area contributed by atoms with Crippen molar-refractivity contribution in [2.45, 2.75) is 71.3 Å². The highest BCUT2D eigenvalue weighted by Gasteiger charge is 2.44. The zero-order valence-electron chi connectivity index (χ0n) is 11.6. The van der Waals surface area contributed by atoms with Crippen LogP contribution in [0.15, 0.2) is 0 Å². The second-order valence-corrected chi connectivity index (χ2v) is 6.53. The molecule has 2 aliphatic rings. The summed E-state index contributed by atoms with van der Waals surface area (Å²) in [4.78, 5) is 12.5. The molecule has 0 aromatic rings. The van der Waals surface area contributed by atoms with E-state index in [1.54, 1.807) is 0 Å². The summed E-state index contributed by atoms with van der Waals surface area (Å²) in [5.74, 6) is 0.714. The van der Waals surface area contributed by atoms with Gasteiger partial charge < -0.3 is 4.74 Å². The Labute approximate surface area is 105 Å². The van der Waals surface area contributed by atoms with Gasteiger partial charge in [-0.2, -0.15) is 0 Å². The van der Waals surface area contributed by atoms with Crippen molar-refractivity contribution >= 4 is 5.78 Å². The van der Waals surface area contributed by atoms with Crippen molar-refractivity contribution in [3.8, 4) is 0 Å². The molecule has 1 spiro atoms. The molecule has 1 atom stereocenters. The van der Waals surface area contributed by atoms with Crippen LogP contribution < -0.4 is 0 Å². The van der Waals surface area contributed by atoms with Gasteiger partial charge in [0.15, 0.2) is 0 Å². The number of carbonyl (C=O) groups excluding carboxylic acids is 1. The Bertz CT molecular complexity index is 287. The summed E-state index contributed by atoms with van der Waals surface area (Å²) in [5.41, 5.74) is -0.0792. The Morgan fingerprint density at radius 1 is 1.35 bits per heavy atom. The van der Waals surface area contributed by atoms with Crippen LogP contribution in [0.5, 0.6) is 0 Å². The number of hydrogen-bond donors (Lipinski definition) is 0. The monoisotopic (exact) mass is 238 g/mol. The van der Waals surface area contributed by atoms with Gasteiger partial charge in [0.2, 0.25) is 0 Å². The van der Waals surface area contributed by atoms with Gasteiger partial charge in [-0.15, -0.1) is 0 Å². The van der Waals surface area contributed by atoms with E-state index in [2.05, 4.69) is 20.8 Å². The molecule has 0 N–H and O–H groups in total.